The molecule has 2 aliphatic rings. The average molecular weight is 278 g/mol. The Hall–Kier alpha value is -0.940. The molecule has 3 rings (SSSR count). The Kier molecular flexibility index (Phi) is 4.68. The van der Waals surface area contributed by atoms with Crippen molar-refractivity contribution in [3.8, 4) is 0 Å². The fourth-order valence-electron chi connectivity index (χ4n) is 2.91. The third kappa shape index (κ3) is 4.28. The Morgan fingerprint density at radius 2 is 2.25 bits per heavy atom. The van der Waals surface area contributed by atoms with Gasteiger partial charge in [0.05, 0.1) is 24.9 Å². The van der Waals surface area contributed by atoms with Crippen molar-refractivity contribution in [3.05, 3.63) is 11.9 Å². The molecule has 1 aromatic rings. The summed E-state index contributed by atoms with van der Waals surface area (Å²) in [6.45, 7) is 4.72. The predicted molar refractivity (Wildman–Crippen MR) is 77.3 cm³/mol. The minimum atomic E-state index is 0.457. The Morgan fingerprint density at radius 1 is 1.35 bits per heavy atom. The second kappa shape index (κ2) is 6.68. The number of hydrogen-bond donors (Lipinski definition) is 1. The molecule has 2 atom stereocenters. The highest BCUT2D eigenvalue weighted by molar-refractivity contribution is 4.94. The monoisotopic (exact) mass is 278 g/mol. The first-order valence-corrected chi connectivity index (χ1v) is 8.03. The zero-order valence-electron chi connectivity index (χ0n) is 12.4. The van der Waals surface area contributed by atoms with E-state index in [1.54, 1.807) is 0 Å². The molecular formula is C15H26N4O. The van der Waals surface area contributed by atoms with Crippen molar-refractivity contribution in [1.29, 1.82) is 0 Å². The van der Waals surface area contributed by atoms with E-state index in [9.17, 15) is 0 Å². The predicted octanol–water partition coefficient (Wildman–Crippen LogP) is 2.13. The van der Waals surface area contributed by atoms with Gasteiger partial charge in [-0.15, -0.1) is 5.10 Å². The van der Waals surface area contributed by atoms with Gasteiger partial charge in [-0.3, -0.25) is 0 Å². The summed E-state index contributed by atoms with van der Waals surface area (Å²) in [7, 11) is 0. The molecule has 0 saturated heterocycles. The fraction of sp³-hybridized carbons (Fsp3) is 0.867. The Bertz CT molecular complexity index is 416. The summed E-state index contributed by atoms with van der Waals surface area (Å²) >= 11 is 0. The van der Waals surface area contributed by atoms with Gasteiger partial charge < -0.3 is 10.1 Å². The summed E-state index contributed by atoms with van der Waals surface area (Å²) in [6.07, 6.45) is 10.2. The molecule has 1 aromatic heterocycles. The van der Waals surface area contributed by atoms with Crippen LogP contribution in [0.3, 0.4) is 0 Å². The molecule has 2 aliphatic carbocycles. The molecule has 2 fully saturated rings. The molecule has 5 nitrogen and oxygen atoms in total. The Labute approximate surface area is 121 Å². The zero-order valence-corrected chi connectivity index (χ0v) is 12.4. The SMILES string of the molecule is CC1CCCC(OCCn2cc(CNC3CC3)nn2)C1. The van der Waals surface area contributed by atoms with Gasteiger partial charge >= 0.3 is 0 Å². The van der Waals surface area contributed by atoms with Crippen LogP contribution in [-0.2, 0) is 17.8 Å². The van der Waals surface area contributed by atoms with Crippen molar-refractivity contribution in [3.63, 3.8) is 0 Å². The quantitative estimate of drug-likeness (QED) is 0.830. The van der Waals surface area contributed by atoms with Gasteiger partial charge in [0.2, 0.25) is 0 Å². The van der Waals surface area contributed by atoms with Gasteiger partial charge in [-0.1, -0.05) is 25.0 Å². The number of rotatable bonds is 7. The Morgan fingerprint density at radius 3 is 3.05 bits per heavy atom. The van der Waals surface area contributed by atoms with E-state index in [1.165, 1.54) is 38.5 Å². The van der Waals surface area contributed by atoms with Crippen LogP contribution in [-0.4, -0.2) is 33.7 Å². The van der Waals surface area contributed by atoms with Crippen LogP contribution in [0.5, 0.6) is 0 Å². The van der Waals surface area contributed by atoms with E-state index in [0.717, 1.165) is 37.4 Å². The summed E-state index contributed by atoms with van der Waals surface area (Å²) in [5.41, 5.74) is 1.03. The van der Waals surface area contributed by atoms with Crippen molar-refractivity contribution in [2.45, 2.75) is 70.7 Å². The van der Waals surface area contributed by atoms with Gasteiger partial charge in [-0.2, -0.15) is 0 Å². The molecule has 2 saturated carbocycles. The molecule has 0 bridgehead atoms. The summed E-state index contributed by atoms with van der Waals surface area (Å²) in [6, 6.07) is 0.719. The molecule has 1 N–H and O–H groups in total. The number of nitrogens with zero attached hydrogens (tertiary/aromatic N) is 3. The second-order valence-electron chi connectivity index (χ2n) is 6.39. The summed E-state index contributed by atoms with van der Waals surface area (Å²) in [5, 5.41) is 11.8. The van der Waals surface area contributed by atoms with Crippen molar-refractivity contribution in [1.82, 2.24) is 20.3 Å². The lowest BCUT2D eigenvalue weighted by Crippen LogP contribution is -2.23. The first kappa shape index (κ1) is 14.0. The van der Waals surface area contributed by atoms with Crippen LogP contribution in [0.25, 0.3) is 0 Å². The first-order chi connectivity index (χ1) is 9.79. The maximum Gasteiger partial charge on any atom is 0.0964 e. The molecular weight excluding hydrogens is 252 g/mol. The van der Waals surface area contributed by atoms with Crippen LogP contribution in [0.2, 0.25) is 0 Å². The minimum absolute atomic E-state index is 0.457. The molecule has 0 amide bonds. The minimum Gasteiger partial charge on any atom is -0.376 e. The normalized spacial score (nSPS) is 26.9. The molecule has 0 aliphatic heterocycles. The van der Waals surface area contributed by atoms with E-state index >= 15 is 0 Å². The highest BCUT2D eigenvalue weighted by Crippen LogP contribution is 2.25. The molecule has 0 spiro atoms. The van der Waals surface area contributed by atoms with Crippen LogP contribution in [0.15, 0.2) is 6.20 Å². The lowest BCUT2D eigenvalue weighted by atomic mass is 9.89. The van der Waals surface area contributed by atoms with E-state index in [2.05, 4.69) is 22.6 Å². The standard InChI is InChI=1S/C15H26N4O/c1-12-3-2-4-15(9-12)20-8-7-19-11-14(17-18-19)10-16-13-5-6-13/h11-13,15-16H,2-10H2,1H3. The molecule has 112 valence electrons. The highest BCUT2D eigenvalue weighted by Gasteiger charge is 2.21. The van der Waals surface area contributed by atoms with Gasteiger partial charge in [0, 0.05) is 18.8 Å². The largest absolute Gasteiger partial charge is 0.376 e. The topological polar surface area (TPSA) is 52.0 Å². The molecule has 1 heterocycles. The van der Waals surface area contributed by atoms with Crippen LogP contribution in [0, 0.1) is 5.92 Å². The second-order valence-corrected chi connectivity index (χ2v) is 6.39. The maximum absolute atomic E-state index is 5.97. The summed E-state index contributed by atoms with van der Waals surface area (Å²) in [5.74, 6) is 0.820. The molecule has 0 radical (unpaired) electrons. The number of aromatic nitrogens is 3. The lowest BCUT2D eigenvalue weighted by Gasteiger charge is -2.26. The molecule has 2 unspecified atom stereocenters. The number of nitrogens with one attached hydrogen (secondary N) is 1. The Balaban J connectivity index is 1.35. The van der Waals surface area contributed by atoms with E-state index in [-0.39, 0.29) is 0 Å². The van der Waals surface area contributed by atoms with Crippen molar-refractivity contribution in [2.75, 3.05) is 6.61 Å². The lowest BCUT2D eigenvalue weighted by molar-refractivity contribution is 0.0105. The van der Waals surface area contributed by atoms with Crippen LogP contribution >= 0.6 is 0 Å². The van der Waals surface area contributed by atoms with E-state index in [4.69, 9.17) is 4.74 Å². The van der Waals surface area contributed by atoms with Gasteiger partial charge in [-0.25, -0.2) is 4.68 Å². The van der Waals surface area contributed by atoms with Gasteiger partial charge in [0.1, 0.15) is 0 Å². The third-order valence-electron chi connectivity index (χ3n) is 4.30. The molecule has 0 aromatic carbocycles. The van der Waals surface area contributed by atoms with Crippen LogP contribution in [0.1, 0.15) is 51.1 Å². The van der Waals surface area contributed by atoms with E-state index in [0.29, 0.717) is 6.10 Å². The van der Waals surface area contributed by atoms with E-state index < -0.39 is 0 Å². The first-order valence-electron chi connectivity index (χ1n) is 8.03. The maximum atomic E-state index is 5.97. The molecule has 5 heteroatoms. The summed E-state index contributed by atoms with van der Waals surface area (Å²) in [4.78, 5) is 0. The van der Waals surface area contributed by atoms with Crippen molar-refractivity contribution in [2.24, 2.45) is 5.92 Å². The fourth-order valence-corrected chi connectivity index (χ4v) is 2.91. The van der Waals surface area contributed by atoms with Gasteiger partial charge in [-0.05, 0) is 31.6 Å². The van der Waals surface area contributed by atoms with Crippen molar-refractivity contribution >= 4 is 0 Å². The third-order valence-corrected chi connectivity index (χ3v) is 4.30. The summed E-state index contributed by atoms with van der Waals surface area (Å²) < 4.78 is 7.87. The van der Waals surface area contributed by atoms with Gasteiger partial charge in [0.25, 0.3) is 0 Å². The smallest absolute Gasteiger partial charge is 0.0964 e. The zero-order chi connectivity index (χ0) is 13.8. The average Bonchev–Trinajstić information content (AvgIpc) is 3.16. The van der Waals surface area contributed by atoms with Crippen LogP contribution < -0.4 is 5.32 Å². The van der Waals surface area contributed by atoms with Gasteiger partial charge in [0.15, 0.2) is 0 Å². The van der Waals surface area contributed by atoms with Crippen molar-refractivity contribution < 1.29 is 4.74 Å². The molecule has 20 heavy (non-hydrogen) atoms. The number of ether oxygens (including phenoxy) is 1. The highest BCUT2D eigenvalue weighted by atomic mass is 16.5. The number of hydrogen-bond acceptors (Lipinski definition) is 4. The van der Waals surface area contributed by atoms with Crippen LogP contribution in [0.4, 0.5) is 0 Å². The van der Waals surface area contributed by atoms with E-state index in [1.807, 2.05) is 10.9 Å².